The predicted octanol–water partition coefficient (Wildman–Crippen LogP) is 1.64. The zero-order chi connectivity index (χ0) is 11.1. The van der Waals surface area contributed by atoms with E-state index in [2.05, 4.69) is 17.2 Å². The number of rotatable bonds is 2. The van der Waals surface area contributed by atoms with E-state index in [1.807, 2.05) is 31.3 Å². The molecule has 1 rings (SSSR count). The molecule has 1 N–H and O–H groups in total. The van der Waals surface area contributed by atoms with Crippen molar-refractivity contribution in [2.75, 3.05) is 19.0 Å². The van der Waals surface area contributed by atoms with Crippen LogP contribution < -0.4 is 5.32 Å². The van der Waals surface area contributed by atoms with Crippen LogP contribution in [-0.2, 0) is 9.53 Å². The molecule has 0 fully saturated rings. The van der Waals surface area contributed by atoms with Crippen molar-refractivity contribution in [3.05, 3.63) is 29.8 Å². The Morgan fingerprint density at radius 3 is 3.00 bits per heavy atom. The highest BCUT2D eigenvalue weighted by atomic mass is 16.5. The Hall–Kier alpha value is -1.95. The van der Waals surface area contributed by atoms with Crippen LogP contribution in [0.3, 0.4) is 0 Å². The molecule has 0 aliphatic rings. The monoisotopic (exact) mass is 203 g/mol. The SMILES string of the molecule is CCOC(=O)C#Cc1cccc(NC)c1. The molecule has 3 nitrogen and oxygen atoms in total. The molecule has 0 radical (unpaired) electrons. The second-order valence-corrected chi connectivity index (χ2v) is 2.80. The maximum atomic E-state index is 11.0. The van der Waals surface area contributed by atoms with E-state index in [0.717, 1.165) is 11.3 Å². The van der Waals surface area contributed by atoms with Crippen molar-refractivity contribution in [3.8, 4) is 11.8 Å². The van der Waals surface area contributed by atoms with Gasteiger partial charge in [-0.25, -0.2) is 4.79 Å². The number of benzene rings is 1. The average Bonchev–Trinajstić information content (AvgIpc) is 2.27. The van der Waals surface area contributed by atoms with Crippen molar-refractivity contribution >= 4 is 11.7 Å². The minimum atomic E-state index is -0.493. The predicted molar refractivity (Wildman–Crippen MR) is 59.5 cm³/mol. The molecule has 0 amide bonds. The third kappa shape index (κ3) is 3.74. The van der Waals surface area contributed by atoms with Gasteiger partial charge in [0, 0.05) is 24.2 Å². The lowest BCUT2D eigenvalue weighted by molar-refractivity contribution is -0.136. The minimum absolute atomic E-state index is 0.351. The molecule has 3 heteroatoms. The summed E-state index contributed by atoms with van der Waals surface area (Å²) in [6, 6.07) is 7.51. The number of nitrogens with one attached hydrogen (secondary N) is 1. The van der Waals surface area contributed by atoms with Gasteiger partial charge in [-0.2, -0.15) is 0 Å². The molecule has 0 saturated carbocycles. The quantitative estimate of drug-likeness (QED) is 0.586. The highest BCUT2D eigenvalue weighted by molar-refractivity contribution is 5.89. The summed E-state index contributed by atoms with van der Waals surface area (Å²) in [4.78, 5) is 11.0. The van der Waals surface area contributed by atoms with Gasteiger partial charge in [0.15, 0.2) is 0 Å². The third-order valence-corrected chi connectivity index (χ3v) is 1.74. The van der Waals surface area contributed by atoms with Crippen molar-refractivity contribution < 1.29 is 9.53 Å². The largest absolute Gasteiger partial charge is 0.456 e. The molecule has 0 spiro atoms. The van der Waals surface area contributed by atoms with E-state index in [0.29, 0.717) is 6.61 Å². The van der Waals surface area contributed by atoms with Gasteiger partial charge in [0.1, 0.15) is 0 Å². The van der Waals surface area contributed by atoms with Gasteiger partial charge in [-0.05, 0) is 25.1 Å². The molecule has 1 aromatic rings. The Labute approximate surface area is 89.4 Å². The van der Waals surface area contributed by atoms with Crippen molar-refractivity contribution in [3.63, 3.8) is 0 Å². The normalized spacial score (nSPS) is 8.67. The zero-order valence-corrected chi connectivity index (χ0v) is 8.83. The lowest BCUT2D eigenvalue weighted by Crippen LogP contribution is -1.99. The number of hydrogen-bond donors (Lipinski definition) is 1. The first kappa shape index (κ1) is 11.1. The standard InChI is InChI=1S/C12H13NO2/c1-3-15-12(14)8-7-10-5-4-6-11(9-10)13-2/h4-6,9,13H,3H2,1-2H3. The van der Waals surface area contributed by atoms with Crippen LogP contribution in [0.25, 0.3) is 0 Å². The lowest BCUT2D eigenvalue weighted by Gasteiger charge is -1.98. The summed E-state index contributed by atoms with van der Waals surface area (Å²) >= 11 is 0. The smallest absolute Gasteiger partial charge is 0.384 e. The van der Waals surface area contributed by atoms with Crippen LogP contribution >= 0.6 is 0 Å². The second-order valence-electron chi connectivity index (χ2n) is 2.80. The van der Waals surface area contributed by atoms with Gasteiger partial charge in [0.2, 0.25) is 0 Å². The number of esters is 1. The van der Waals surface area contributed by atoms with E-state index in [1.165, 1.54) is 0 Å². The summed E-state index contributed by atoms with van der Waals surface area (Å²) in [5.74, 6) is 4.66. The Morgan fingerprint density at radius 2 is 2.33 bits per heavy atom. The first-order valence-corrected chi connectivity index (χ1v) is 4.73. The second kappa shape index (κ2) is 5.71. The lowest BCUT2D eigenvalue weighted by atomic mass is 10.2. The van der Waals surface area contributed by atoms with Crippen molar-refractivity contribution in [1.82, 2.24) is 0 Å². The average molecular weight is 203 g/mol. The van der Waals surface area contributed by atoms with Gasteiger partial charge in [-0.3, -0.25) is 0 Å². The number of hydrogen-bond acceptors (Lipinski definition) is 3. The molecule has 78 valence electrons. The van der Waals surface area contributed by atoms with Gasteiger partial charge >= 0.3 is 5.97 Å². The van der Waals surface area contributed by atoms with E-state index in [1.54, 1.807) is 6.92 Å². The van der Waals surface area contributed by atoms with Crippen LogP contribution in [0.15, 0.2) is 24.3 Å². The molecular weight excluding hydrogens is 190 g/mol. The van der Waals surface area contributed by atoms with E-state index in [4.69, 9.17) is 4.74 Å². The van der Waals surface area contributed by atoms with Crippen LogP contribution in [0.1, 0.15) is 12.5 Å². The molecule has 0 atom stereocenters. The van der Waals surface area contributed by atoms with Gasteiger partial charge in [-0.15, -0.1) is 0 Å². The molecule has 0 heterocycles. The molecule has 0 unspecified atom stereocenters. The fourth-order valence-corrected chi connectivity index (χ4v) is 1.04. The Morgan fingerprint density at radius 1 is 1.53 bits per heavy atom. The van der Waals surface area contributed by atoms with E-state index < -0.39 is 5.97 Å². The molecule has 0 aromatic heterocycles. The van der Waals surface area contributed by atoms with Crippen molar-refractivity contribution in [2.24, 2.45) is 0 Å². The number of ether oxygens (including phenoxy) is 1. The van der Waals surface area contributed by atoms with Crippen LogP contribution in [0.2, 0.25) is 0 Å². The Bertz CT molecular complexity index is 402. The van der Waals surface area contributed by atoms with Crippen LogP contribution in [0.5, 0.6) is 0 Å². The third-order valence-electron chi connectivity index (χ3n) is 1.74. The summed E-state index contributed by atoms with van der Waals surface area (Å²) in [5, 5.41) is 3.00. The highest BCUT2D eigenvalue weighted by Gasteiger charge is 1.93. The summed E-state index contributed by atoms with van der Waals surface area (Å²) in [6.07, 6.45) is 0. The molecular formula is C12H13NO2. The van der Waals surface area contributed by atoms with Gasteiger partial charge in [0.05, 0.1) is 6.61 Å². The molecule has 0 aliphatic heterocycles. The van der Waals surface area contributed by atoms with Crippen LogP contribution in [-0.4, -0.2) is 19.6 Å². The van der Waals surface area contributed by atoms with E-state index in [-0.39, 0.29) is 0 Å². The highest BCUT2D eigenvalue weighted by Crippen LogP contribution is 2.08. The molecule has 1 aromatic carbocycles. The van der Waals surface area contributed by atoms with Crippen LogP contribution in [0.4, 0.5) is 5.69 Å². The first-order valence-electron chi connectivity index (χ1n) is 4.73. The van der Waals surface area contributed by atoms with E-state index >= 15 is 0 Å². The summed E-state index contributed by atoms with van der Waals surface area (Å²) in [7, 11) is 1.83. The fraction of sp³-hybridized carbons (Fsp3) is 0.250. The molecule has 0 aliphatic carbocycles. The Balaban J connectivity index is 2.75. The van der Waals surface area contributed by atoms with Gasteiger partial charge in [0.25, 0.3) is 0 Å². The number of anilines is 1. The Kier molecular flexibility index (Phi) is 4.24. The first-order chi connectivity index (χ1) is 7.26. The topological polar surface area (TPSA) is 38.3 Å². The van der Waals surface area contributed by atoms with Gasteiger partial charge < -0.3 is 10.1 Å². The zero-order valence-electron chi connectivity index (χ0n) is 8.83. The molecule has 15 heavy (non-hydrogen) atoms. The minimum Gasteiger partial charge on any atom is -0.456 e. The fourth-order valence-electron chi connectivity index (χ4n) is 1.04. The maximum absolute atomic E-state index is 11.0. The summed E-state index contributed by atoms with van der Waals surface area (Å²) in [6.45, 7) is 2.10. The molecule has 0 saturated heterocycles. The van der Waals surface area contributed by atoms with Gasteiger partial charge in [-0.1, -0.05) is 12.0 Å². The number of carbonyl (C=O) groups excluding carboxylic acids is 1. The number of carbonyl (C=O) groups is 1. The molecule has 0 bridgehead atoms. The van der Waals surface area contributed by atoms with Crippen LogP contribution in [0, 0.1) is 11.8 Å². The summed E-state index contributed by atoms with van der Waals surface area (Å²) in [5.41, 5.74) is 1.75. The maximum Gasteiger partial charge on any atom is 0.384 e. The van der Waals surface area contributed by atoms with Crippen molar-refractivity contribution in [1.29, 1.82) is 0 Å². The van der Waals surface area contributed by atoms with E-state index in [9.17, 15) is 4.79 Å². The summed E-state index contributed by atoms with van der Waals surface area (Å²) < 4.78 is 4.69. The van der Waals surface area contributed by atoms with Crippen molar-refractivity contribution in [2.45, 2.75) is 6.92 Å².